The Balaban J connectivity index is 2.14. The standard InChI is InChI=1S/C8H13F2N/c1-2-11-5-6-3-7(11)8(9,10)4-6/h6-7H,2-5H2,1H3. The van der Waals surface area contributed by atoms with Crippen LogP contribution in [0.25, 0.3) is 0 Å². The number of hydrogen-bond acceptors (Lipinski definition) is 1. The van der Waals surface area contributed by atoms with Crippen LogP contribution in [0, 0.1) is 5.92 Å². The van der Waals surface area contributed by atoms with E-state index < -0.39 is 12.0 Å². The number of halogens is 2. The number of rotatable bonds is 1. The second-order valence-corrected chi connectivity index (χ2v) is 3.67. The molecule has 2 bridgehead atoms. The summed E-state index contributed by atoms with van der Waals surface area (Å²) < 4.78 is 26.1. The summed E-state index contributed by atoms with van der Waals surface area (Å²) in [4.78, 5) is 1.91. The molecule has 2 unspecified atom stereocenters. The average molecular weight is 161 g/mol. The van der Waals surface area contributed by atoms with E-state index in [1.165, 1.54) is 0 Å². The van der Waals surface area contributed by atoms with E-state index >= 15 is 0 Å². The van der Waals surface area contributed by atoms with Gasteiger partial charge in [0, 0.05) is 13.0 Å². The van der Waals surface area contributed by atoms with Gasteiger partial charge in [-0.05, 0) is 18.9 Å². The molecule has 1 saturated heterocycles. The van der Waals surface area contributed by atoms with Crippen LogP contribution >= 0.6 is 0 Å². The minimum Gasteiger partial charge on any atom is -0.295 e. The van der Waals surface area contributed by atoms with Crippen LogP contribution in [0.4, 0.5) is 8.78 Å². The molecule has 0 aromatic heterocycles. The Morgan fingerprint density at radius 1 is 1.55 bits per heavy atom. The number of likely N-dealkylation sites (tertiary alicyclic amines) is 1. The largest absolute Gasteiger partial charge is 0.295 e. The molecule has 2 aliphatic rings. The minimum atomic E-state index is -2.39. The number of piperidine rings is 1. The molecule has 0 aromatic rings. The SMILES string of the molecule is CCN1CC2CC1C(F)(F)C2. The zero-order valence-electron chi connectivity index (χ0n) is 6.69. The van der Waals surface area contributed by atoms with Crippen LogP contribution in [0.1, 0.15) is 19.8 Å². The lowest BCUT2D eigenvalue weighted by atomic mass is 10.1. The Kier molecular flexibility index (Phi) is 1.46. The minimum absolute atomic E-state index is 0.133. The first-order valence-electron chi connectivity index (χ1n) is 4.25. The van der Waals surface area contributed by atoms with Crippen molar-refractivity contribution in [2.24, 2.45) is 5.92 Å². The summed E-state index contributed by atoms with van der Waals surface area (Å²) in [5.74, 6) is -2.12. The quantitative estimate of drug-likeness (QED) is 0.566. The highest BCUT2D eigenvalue weighted by Crippen LogP contribution is 2.47. The summed E-state index contributed by atoms with van der Waals surface area (Å²) in [6, 6.07) is -0.433. The van der Waals surface area contributed by atoms with Crippen LogP contribution in [0.2, 0.25) is 0 Å². The molecule has 1 heterocycles. The van der Waals surface area contributed by atoms with Crippen molar-refractivity contribution in [3.05, 3.63) is 0 Å². The second-order valence-electron chi connectivity index (χ2n) is 3.67. The first-order valence-corrected chi connectivity index (χ1v) is 4.25. The summed E-state index contributed by atoms with van der Waals surface area (Å²) in [6.45, 7) is 3.63. The fraction of sp³-hybridized carbons (Fsp3) is 1.00. The summed E-state index contributed by atoms with van der Waals surface area (Å²) in [5.41, 5.74) is 0. The number of fused-ring (bicyclic) bond motifs is 2. The van der Waals surface area contributed by atoms with Gasteiger partial charge in [-0.2, -0.15) is 0 Å². The molecule has 3 heteroatoms. The van der Waals surface area contributed by atoms with Crippen LogP contribution in [0.5, 0.6) is 0 Å². The topological polar surface area (TPSA) is 3.24 Å². The van der Waals surface area contributed by atoms with Gasteiger partial charge in [0.25, 0.3) is 5.92 Å². The van der Waals surface area contributed by atoms with E-state index in [1.54, 1.807) is 0 Å². The van der Waals surface area contributed by atoms with Gasteiger partial charge in [-0.25, -0.2) is 8.78 Å². The lowest BCUT2D eigenvalue weighted by Crippen LogP contribution is -2.45. The predicted octanol–water partition coefficient (Wildman–Crippen LogP) is 1.74. The first kappa shape index (κ1) is 7.47. The van der Waals surface area contributed by atoms with Crippen LogP contribution < -0.4 is 0 Å². The Labute approximate surface area is 65.4 Å². The summed E-state index contributed by atoms with van der Waals surface area (Å²) in [6.07, 6.45) is 0.856. The zero-order chi connectivity index (χ0) is 8.06. The van der Waals surface area contributed by atoms with Gasteiger partial charge in [0.1, 0.15) is 0 Å². The Morgan fingerprint density at radius 2 is 2.27 bits per heavy atom. The molecule has 2 atom stereocenters. The van der Waals surface area contributed by atoms with E-state index in [2.05, 4.69) is 0 Å². The molecule has 64 valence electrons. The second kappa shape index (κ2) is 2.16. The van der Waals surface area contributed by atoms with Gasteiger partial charge in [-0.15, -0.1) is 0 Å². The highest BCUT2D eigenvalue weighted by molar-refractivity contribution is 5.02. The predicted molar refractivity (Wildman–Crippen MR) is 38.7 cm³/mol. The molecule has 2 rings (SSSR count). The van der Waals surface area contributed by atoms with E-state index in [0.717, 1.165) is 19.5 Å². The number of hydrogen-bond donors (Lipinski definition) is 0. The van der Waals surface area contributed by atoms with E-state index in [9.17, 15) is 8.78 Å². The maximum Gasteiger partial charge on any atom is 0.263 e. The van der Waals surface area contributed by atoms with E-state index in [4.69, 9.17) is 0 Å². The normalized spacial score (nSPS) is 41.7. The van der Waals surface area contributed by atoms with Crippen LogP contribution in [0.15, 0.2) is 0 Å². The lowest BCUT2D eigenvalue weighted by Gasteiger charge is -2.31. The molecule has 1 nitrogen and oxygen atoms in total. The smallest absolute Gasteiger partial charge is 0.263 e. The molecule has 0 N–H and O–H groups in total. The third-order valence-electron chi connectivity index (χ3n) is 2.94. The summed E-state index contributed by atoms with van der Waals surface area (Å²) >= 11 is 0. The monoisotopic (exact) mass is 161 g/mol. The maximum atomic E-state index is 13.0. The van der Waals surface area contributed by atoms with Gasteiger partial charge >= 0.3 is 0 Å². The van der Waals surface area contributed by atoms with Gasteiger partial charge in [-0.3, -0.25) is 4.90 Å². The van der Waals surface area contributed by atoms with Crippen LogP contribution in [-0.4, -0.2) is 30.0 Å². The van der Waals surface area contributed by atoms with E-state index in [-0.39, 0.29) is 12.3 Å². The van der Waals surface area contributed by atoms with Crippen molar-refractivity contribution < 1.29 is 8.78 Å². The maximum absolute atomic E-state index is 13.0. The summed E-state index contributed by atoms with van der Waals surface area (Å²) in [5, 5.41) is 0. The fourth-order valence-corrected chi connectivity index (χ4v) is 2.46. The van der Waals surface area contributed by atoms with Crippen LogP contribution in [-0.2, 0) is 0 Å². The molecule has 0 spiro atoms. The molecule has 0 radical (unpaired) electrons. The van der Waals surface area contributed by atoms with Crippen molar-refractivity contribution in [2.75, 3.05) is 13.1 Å². The third kappa shape index (κ3) is 0.975. The molecule has 1 aliphatic carbocycles. The van der Waals surface area contributed by atoms with Crippen molar-refractivity contribution >= 4 is 0 Å². The Morgan fingerprint density at radius 3 is 2.64 bits per heavy atom. The fourth-order valence-electron chi connectivity index (χ4n) is 2.46. The number of nitrogens with zero attached hydrogens (tertiary/aromatic N) is 1. The molecule has 0 aromatic carbocycles. The van der Waals surface area contributed by atoms with E-state index in [1.807, 2.05) is 11.8 Å². The summed E-state index contributed by atoms with van der Waals surface area (Å²) in [7, 11) is 0. The van der Waals surface area contributed by atoms with Gasteiger partial charge in [0.15, 0.2) is 0 Å². The Hall–Kier alpha value is -0.180. The van der Waals surface area contributed by atoms with Gasteiger partial charge < -0.3 is 0 Å². The van der Waals surface area contributed by atoms with E-state index in [0.29, 0.717) is 0 Å². The molecule has 1 saturated carbocycles. The lowest BCUT2D eigenvalue weighted by molar-refractivity contribution is -0.0755. The number of alkyl halides is 2. The van der Waals surface area contributed by atoms with Crippen molar-refractivity contribution in [1.29, 1.82) is 0 Å². The van der Waals surface area contributed by atoms with Crippen molar-refractivity contribution in [2.45, 2.75) is 31.7 Å². The molecule has 0 amide bonds. The first-order chi connectivity index (χ1) is 5.13. The average Bonchev–Trinajstić information content (AvgIpc) is 2.41. The highest BCUT2D eigenvalue weighted by atomic mass is 19.3. The molecule has 2 fully saturated rings. The van der Waals surface area contributed by atoms with Gasteiger partial charge in [-0.1, -0.05) is 6.92 Å². The highest BCUT2D eigenvalue weighted by Gasteiger charge is 2.55. The molecule has 11 heavy (non-hydrogen) atoms. The Bertz CT molecular complexity index is 169. The molecule has 1 aliphatic heterocycles. The van der Waals surface area contributed by atoms with Crippen molar-refractivity contribution in [1.82, 2.24) is 4.90 Å². The van der Waals surface area contributed by atoms with Gasteiger partial charge in [0.2, 0.25) is 0 Å². The third-order valence-corrected chi connectivity index (χ3v) is 2.94. The van der Waals surface area contributed by atoms with Crippen molar-refractivity contribution in [3.8, 4) is 0 Å². The zero-order valence-corrected chi connectivity index (χ0v) is 6.69. The van der Waals surface area contributed by atoms with Gasteiger partial charge in [0.05, 0.1) is 6.04 Å². The molecular weight excluding hydrogens is 148 g/mol. The molecular formula is C8H13F2N. The van der Waals surface area contributed by atoms with Crippen molar-refractivity contribution in [3.63, 3.8) is 0 Å². The van der Waals surface area contributed by atoms with Crippen LogP contribution in [0.3, 0.4) is 0 Å².